The van der Waals surface area contributed by atoms with Crippen molar-refractivity contribution >= 4 is 27.5 Å². The molecule has 12 heavy (non-hydrogen) atoms. The van der Waals surface area contributed by atoms with Crippen molar-refractivity contribution in [3.05, 3.63) is 33.0 Å². The van der Waals surface area contributed by atoms with Gasteiger partial charge in [-0.1, -0.05) is 27.5 Å². The van der Waals surface area contributed by atoms with Crippen molar-refractivity contribution in [1.29, 1.82) is 0 Å². The molecule has 0 N–H and O–H groups in total. The van der Waals surface area contributed by atoms with E-state index in [1.54, 1.807) is 6.07 Å². The van der Waals surface area contributed by atoms with Gasteiger partial charge in [-0.2, -0.15) is 0 Å². The van der Waals surface area contributed by atoms with E-state index in [-0.39, 0.29) is 12.4 Å². The minimum absolute atomic E-state index is 0.240. The first kappa shape index (κ1) is 9.96. The summed E-state index contributed by atoms with van der Waals surface area (Å²) < 4.78 is 18.6. The molecule has 4 heteroatoms. The summed E-state index contributed by atoms with van der Waals surface area (Å²) >= 11 is 8.81. The van der Waals surface area contributed by atoms with Gasteiger partial charge in [0.1, 0.15) is 5.82 Å². The van der Waals surface area contributed by atoms with Gasteiger partial charge in [0.05, 0.1) is 6.61 Å². The van der Waals surface area contributed by atoms with Gasteiger partial charge in [0.15, 0.2) is 0 Å². The summed E-state index contributed by atoms with van der Waals surface area (Å²) in [6.07, 6.45) is 0. The van der Waals surface area contributed by atoms with Crippen molar-refractivity contribution in [2.75, 3.05) is 7.11 Å². The van der Waals surface area contributed by atoms with Crippen molar-refractivity contribution in [3.63, 3.8) is 0 Å². The van der Waals surface area contributed by atoms with Crippen LogP contribution in [0.3, 0.4) is 0 Å². The molecule has 0 spiro atoms. The first-order valence-corrected chi connectivity index (χ1v) is 4.44. The maximum absolute atomic E-state index is 13.1. The lowest BCUT2D eigenvalue weighted by molar-refractivity contribution is 0.181. The molecular formula is C8H7BrClFO. The van der Waals surface area contributed by atoms with E-state index in [0.717, 1.165) is 0 Å². The molecule has 66 valence electrons. The van der Waals surface area contributed by atoms with E-state index >= 15 is 0 Å². The lowest BCUT2D eigenvalue weighted by atomic mass is 10.2. The molecule has 0 bridgehead atoms. The fraction of sp³-hybridized carbons (Fsp3) is 0.250. The van der Waals surface area contributed by atoms with E-state index in [1.807, 2.05) is 0 Å². The van der Waals surface area contributed by atoms with Crippen molar-refractivity contribution < 1.29 is 9.13 Å². The zero-order valence-corrected chi connectivity index (χ0v) is 8.75. The topological polar surface area (TPSA) is 9.23 Å². The molecule has 1 rings (SSSR count). The summed E-state index contributed by atoms with van der Waals surface area (Å²) in [5.41, 5.74) is 0.488. The molecule has 0 fully saturated rings. The van der Waals surface area contributed by atoms with Crippen LogP contribution < -0.4 is 0 Å². The molecule has 0 aliphatic rings. The molecule has 0 atom stereocenters. The molecule has 0 saturated heterocycles. The molecule has 0 aromatic heterocycles. The molecule has 0 radical (unpaired) electrons. The monoisotopic (exact) mass is 252 g/mol. The number of hydrogen-bond donors (Lipinski definition) is 0. The molecule has 0 aliphatic heterocycles. The van der Waals surface area contributed by atoms with Crippen LogP contribution in [0.4, 0.5) is 4.39 Å². The highest BCUT2D eigenvalue weighted by molar-refractivity contribution is 9.10. The molecule has 1 aromatic rings. The second kappa shape index (κ2) is 4.21. The maximum atomic E-state index is 13.1. The summed E-state index contributed by atoms with van der Waals surface area (Å²) in [7, 11) is 1.51. The van der Waals surface area contributed by atoms with E-state index in [1.165, 1.54) is 13.2 Å². The molecule has 0 saturated carbocycles. The maximum Gasteiger partial charge on any atom is 0.131 e. The summed E-state index contributed by atoms with van der Waals surface area (Å²) in [4.78, 5) is 0. The Morgan fingerprint density at radius 2 is 2.25 bits per heavy atom. The van der Waals surface area contributed by atoms with E-state index in [9.17, 15) is 4.39 Å². The molecule has 0 amide bonds. The van der Waals surface area contributed by atoms with E-state index in [0.29, 0.717) is 15.1 Å². The fourth-order valence-corrected chi connectivity index (χ4v) is 1.74. The predicted molar refractivity (Wildman–Crippen MR) is 49.8 cm³/mol. The SMILES string of the molecule is COCc1c(F)cc(Cl)cc1Br. The van der Waals surface area contributed by atoms with Gasteiger partial charge in [-0.25, -0.2) is 4.39 Å². The van der Waals surface area contributed by atoms with Gasteiger partial charge >= 0.3 is 0 Å². The summed E-state index contributed by atoms with van der Waals surface area (Å²) in [5, 5.41) is 0.374. The van der Waals surface area contributed by atoms with Crippen LogP contribution in [0, 0.1) is 5.82 Å². The van der Waals surface area contributed by atoms with E-state index in [2.05, 4.69) is 15.9 Å². The van der Waals surface area contributed by atoms with Gasteiger partial charge in [-0.3, -0.25) is 0 Å². The highest BCUT2D eigenvalue weighted by Gasteiger charge is 2.07. The fourth-order valence-electron chi connectivity index (χ4n) is 0.854. The largest absolute Gasteiger partial charge is 0.380 e. The van der Waals surface area contributed by atoms with Gasteiger partial charge in [0, 0.05) is 22.2 Å². The average molecular weight is 253 g/mol. The molecule has 0 unspecified atom stereocenters. The summed E-state index contributed by atoms with van der Waals surface area (Å²) in [5.74, 6) is -0.351. The Morgan fingerprint density at radius 3 is 2.75 bits per heavy atom. The molecule has 0 aliphatic carbocycles. The Bertz CT molecular complexity index is 267. The Balaban J connectivity index is 3.10. The van der Waals surface area contributed by atoms with Crippen LogP contribution in [0.5, 0.6) is 0 Å². The summed E-state index contributed by atoms with van der Waals surface area (Å²) in [6, 6.07) is 2.90. The van der Waals surface area contributed by atoms with Gasteiger partial charge in [0.2, 0.25) is 0 Å². The van der Waals surface area contributed by atoms with Crippen molar-refractivity contribution in [2.24, 2.45) is 0 Å². The second-order valence-corrected chi connectivity index (χ2v) is 3.57. The zero-order chi connectivity index (χ0) is 9.14. The van der Waals surface area contributed by atoms with Crippen molar-refractivity contribution in [3.8, 4) is 0 Å². The number of halogens is 3. The van der Waals surface area contributed by atoms with Gasteiger partial charge in [0.25, 0.3) is 0 Å². The highest BCUT2D eigenvalue weighted by atomic mass is 79.9. The molecule has 1 nitrogen and oxygen atoms in total. The van der Waals surface area contributed by atoms with Crippen LogP contribution in [0.25, 0.3) is 0 Å². The summed E-state index contributed by atoms with van der Waals surface area (Å²) in [6.45, 7) is 0.240. The van der Waals surface area contributed by atoms with Crippen molar-refractivity contribution in [1.82, 2.24) is 0 Å². The normalized spacial score (nSPS) is 10.3. The Labute approximate surface area is 83.6 Å². The number of ether oxygens (including phenoxy) is 1. The average Bonchev–Trinajstić information content (AvgIpc) is 1.96. The van der Waals surface area contributed by atoms with Crippen LogP contribution in [0.2, 0.25) is 5.02 Å². The van der Waals surface area contributed by atoms with Crippen LogP contribution in [-0.2, 0) is 11.3 Å². The molecule has 0 heterocycles. The number of benzene rings is 1. The van der Waals surface area contributed by atoms with E-state index in [4.69, 9.17) is 16.3 Å². The van der Waals surface area contributed by atoms with E-state index < -0.39 is 0 Å². The minimum Gasteiger partial charge on any atom is -0.380 e. The Kier molecular flexibility index (Phi) is 3.50. The third kappa shape index (κ3) is 2.19. The first-order chi connectivity index (χ1) is 5.65. The quantitative estimate of drug-likeness (QED) is 0.785. The highest BCUT2D eigenvalue weighted by Crippen LogP contribution is 2.25. The Hall–Kier alpha value is -0.120. The van der Waals surface area contributed by atoms with Crippen LogP contribution in [-0.4, -0.2) is 7.11 Å². The zero-order valence-electron chi connectivity index (χ0n) is 6.40. The minimum atomic E-state index is -0.351. The van der Waals surface area contributed by atoms with Gasteiger partial charge < -0.3 is 4.74 Å². The smallest absolute Gasteiger partial charge is 0.131 e. The Morgan fingerprint density at radius 1 is 1.58 bits per heavy atom. The number of methoxy groups -OCH3 is 1. The molecule has 1 aromatic carbocycles. The standard InChI is InChI=1S/C8H7BrClFO/c1-12-4-6-7(9)2-5(10)3-8(6)11/h2-3H,4H2,1H3. The third-order valence-corrected chi connectivity index (χ3v) is 2.32. The second-order valence-electron chi connectivity index (χ2n) is 2.28. The number of rotatable bonds is 2. The number of hydrogen-bond acceptors (Lipinski definition) is 1. The third-order valence-electron chi connectivity index (χ3n) is 1.39. The van der Waals surface area contributed by atoms with Crippen LogP contribution in [0.1, 0.15) is 5.56 Å². The lowest BCUT2D eigenvalue weighted by Crippen LogP contribution is -1.94. The molecular weight excluding hydrogens is 246 g/mol. The van der Waals surface area contributed by atoms with Crippen LogP contribution >= 0.6 is 27.5 Å². The predicted octanol–water partition coefficient (Wildman–Crippen LogP) is 3.39. The first-order valence-electron chi connectivity index (χ1n) is 3.27. The lowest BCUT2D eigenvalue weighted by Gasteiger charge is -2.04. The van der Waals surface area contributed by atoms with Gasteiger partial charge in [-0.05, 0) is 12.1 Å². The van der Waals surface area contributed by atoms with Gasteiger partial charge in [-0.15, -0.1) is 0 Å². The van der Waals surface area contributed by atoms with Crippen molar-refractivity contribution in [2.45, 2.75) is 6.61 Å². The van der Waals surface area contributed by atoms with Crippen LogP contribution in [0.15, 0.2) is 16.6 Å².